The Morgan fingerprint density at radius 3 is 2.50 bits per heavy atom. The Morgan fingerprint density at radius 2 is 1.95 bits per heavy atom. The number of anilines is 1. The van der Waals surface area contributed by atoms with Crippen LogP contribution in [0, 0.1) is 0 Å². The molecule has 1 aliphatic heterocycles. The van der Waals surface area contributed by atoms with Crippen LogP contribution in [0.2, 0.25) is 0 Å². The van der Waals surface area contributed by atoms with Crippen LogP contribution in [0.1, 0.15) is 23.2 Å². The normalized spacial score (nSPS) is 19.9. The predicted molar refractivity (Wildman–Crippen MR) is 76.8 cm³/mol. The van der Waals surface area contributed by atoms with Crippen LogP contribution >= 0.6 is 0 Å². The van der Waals surface area contributed by atoms with Crippen LogP contribution in [-0.2, 0) is 0 Å². The van der Waals surface area contributed by atoms with Gasteiger partial charge in [-0.2, -0.15) is 0 Å². The van der Waals surface area contributed by atoms with Crippen LogP contribution in [0.4, 0.5) is 5.69 Å². The van der Waals surface area contributed by atoms with E-state index in [1.165, 1.54) is 12.8 Å². The van der Waals surface area contributed by atoms with Crippen molar-refractivity contribution in [2.75, 3.05) is 38.2 Å². The third-order valence-electron chi connectivity index (χ3n) is 4.15. The van der Waals surface area contributed by atoms with Crippen LogP contribution in [0.3, 0.4) is 0 Å². The number of carboxylic acids is 1. The largest absolute Gasteiger partial charge is 0.497 e. The van der Waals surface area contributed by atoms with Crippen molar-refractivity contribution in [1.82, 2.24) is 4.90 Å². The first-order valence-corrected chi connectivity index (χ1v) is 7.09. The lowest BCUT2D eigenvalue weighted by molar-refractivity contribution is 0.0697. The molecule has 1 saturated heterocycles. The van der Waals surface area contributed by atoms with Gasteiger partial charge in [-0.3, -0.25) is 4.90 Å². The van der Waals surface area contributed by atoms with E-state index < -0.39 is 5.97 Å². The first-order chi connectivity index (χ1) is 9.69. The minimum atomic E-state index is -0.882. The van der Waals surface area contributed by atoms with Gasteiger partial charge in [-0.15, -0.1) is 0 Å². The molecule has 1 saturated carbocycles. The molecule has 5 nitrogen and oxygen atoms in total. The summed E-state index contributed by atoms with van der Waals surface area (Å²) >= 11 is 0. The molecule has 1 N–H and O–H groups in total. The van der Waals surface area contributed by atoms with Gasteiger partial charge in [0, 0.05) is 38.3 Å². The van der Waals surface area contributed by atoms with Crippen LogP contribution in [0.5, 0.6) is 5.75 Å². The zero-order chi connectivity index (χ0) is 14.1. The number of benzene rings is 1. The second-order valence-corrected chi connectivity index (χ2v) is 5.44. The van der Waals surface area contributed by atoms with Crippen molar-refractivity contribution >= 4 is 11.7 Å². The average Bonchev–Trinajstić information content (AvgIpc) is 3.31. The van der Waals surface area contributed by atoms with E-state index in [9.17, 15) is 9.90 Å². The van der Waals surface area contributed by atoms with Gasteiger partial charge >= 0.3 is 5.97 Å². The summed E-state index contributed by atoms with van der Waals surface area (Å²) < 4.78 is 5.22. The summed E-state index contributed by atoms with van der Waals surface area (Å²) in [6, 6.07) is 5.94. The quantitative estimate of drug-likeness (QED) is 0.906. The molecule has 0 atom stereocenters. The molecule has 1 aromatic rings. The molecule has 20 heavy (non-hydrogen) atoms. The first-order valence-electron chi connectivity index (χ1n) is 7.09. The molecule has 1 aliphatic carbocycles. The molecule has 0 unspecified atom stereocenters. The van der Waals surface area contributed by atoms with E-state index >= 15 is 0 Å². The second-order valence-electron chi connectivity index (χ2n) is 5.44. The molecule has 0 bridgehead atoms. The number of nitrogens with zero attached hydrogens (tertiary/aromatic N) is 2. The topological polar surface area (TPSA) is 53.0 Å². The fourth-order valence-electron chi connectivity index (χ4n) is 2.85. The number of aromatic carboxylic acids is 1. The van der Waals surface area contributed by atoms with Gasteiger partial charge in [0.15, 0.2) is 0 Å². The first kappa shape index (κ1) is 13.2. The van der Waals surface area contributed by atoms with Gasteiger partial charge in [0.1, 0.15) is 5.75 Å². The zero-order valence-corrected chi connectivity index (χ0v) is 11.7. The van der Waals surface area contributed by atoms with Crippen molar-refractivity contribution in [2.45, 2.75) is 18.9 Å². The average molecular weight is 276 g/mol. The molecule has 5 heteroatoms. The van der Waals surface area contributed by atoms with E-state index in [4.69, 9.17) is 4.74 Å². The Balaban J connectivity index is 1.79. The molecule has 108 valence electrons. The van der Waals surface area contributed by atoms with Crippen LogP contribution in [-0.4, -0.2) is 55.3 Å². The van der Waals surface area contributed by atoms with E-state index in [2.05, 4.69) is 9.80 Å². The van der Waals surface area contributed by atoms with E-state index in [0.29, 0.717) is 11.3 Å². The summed E-state index contributed by atoms with van der Waals surface area (Å²) in [5.74, 6) is -0.179. The van der Waals surface area contributed by atoms with E-state index in [0.717, 1.165) is 37.9 Å². The molecule has 0 aromatic heterocycles. The van der Waals surface area contributed by atoms with Gasteiger partial charge in [0.25, 0.3) is 0 Å². The molecule has 0 spiro atoms. The minimum absolute atomic E-state index is 0.352. The number of hydrogen-bond acceptors (Lipinski definition) is 4. The van der Waals surface area contributed by atoms with Gasteiger partial charge < -0.3 is 14.7 Å². The van der Waals surface area contributed by atoms with Crippen molar-refractivity contribution in [2.24, 2.45) is 0 Å². The highest BCUT2D eigenvalue weighted by atomic mass is 16.5. The fraction of sp³-hybridized carbons (Fsp3) is 0.533. The molecule has 1 heterocycles. The maximum absolute atomic E-state index is 11.4. The Hall–Kier alpha value is -1.75. The highest BCUT2D eigenvalue weighted by Gasteiger charge is 2.31. The van der Waals surface area contributed by atoms with Gasteiger partial charge in [-0.1, -0.05) is 0 Å². The lowest BCUT2D eigenvalue weighted by Crippen LogP contribution is -2.47. The third-order valence-corrected chi connectivity index (χ3v) is 4.15. The fourth-order valence-corrected chi connectivity index (χ4v) is 2.85. The summed E-state index contributed by atoms with van der Waals surface area (Å²) in [4.78, 5) is 16.0. The highest BCUT2D eigenvalue weighted by molar-refractivity contribution is 5.94. The molecular formula is C15H20N2O3. The lowest BCUT2D eigenvalue weighted by atomic mass is 10.1. The number of rotatable bonds is 4. The summed E-state index contributed by atoms with van der Waals surface area (Å²) in [6.07, 6.45) is 2.64. The van der Waals surface area contributed by atoms with Crippen LogP contribution in [0.15, 0.2) is 18.2 Å². The van der Waals surface area contributed by atoms with Crippen molar-refractivity contribution in [1.29, 1.82) is 0 Å². The van der Waals surface area contributed by atoms with Crippen molar-refractivity contribution in [3.05, 3.63) is 23.8 Å². The standard InChI is InChI=1S/C15H20N2O3/c1-20-12-4-5-13(15(18)19)14(10-12)17-8-6-16(7-9-17)11-2-3-11/h4-5,10-11H,2-3,6-9H2,1H3,(H,18,19). The predicted octanol–water partition coefficient (Wildman–Crippen LogP) is 1.68. The van der Waals surface area contributed by atoms with Crippen LogP contribution < -0.4 is 9.64 Å². The summed E-state index contributed by atoms with van der Waals surface area (Å²) in [6.45, 7) is 3.79. The van der Waals surface area contributed by atoms with Crippen molar-refractivity contribution in [3.8, 4) is 5.75 Å². The number of hydrogen-bond donors (Lipinski definition) is 1. The monoisotopic (exact) mass is 276 g/mol. The van der Waals surface area contributed by atoms with Gasteiger partial charge in [0.05, 0.1) is 18.4 Å². The summed E-state index contributed by atoms with van der Waals surface area (Å²) in [5.41, 5.74) is 1.12. The highest BCUT2D eigenvalue weighted by Crippen LogP contribution is 2.31. The van der Waals surface area contributed by atoms with Crippen molar-refractivity contribution < 1.29 is 14.6 Å². The number of piperazine rings is 1. The Bertz CT molecular complexity index is 506. The smallest absolute Gasteiger partial charge is 0.337 e. The van der Waals surface area contributed by atoms with Gasteiger partial charge in [-0.05, 0) is 25.0 Å². The van der Waals surface area contributed by atoms with Crippen molar-refractivity contribution in [3.63, 3.8) is 0 Å². The summed E-state index contributed by atoms with van der Waals surface area (Å²) in [5, 5.41) is 9.33. The Kier molecular flexibility index (Phi) is 3.53. The molecule has 3 rings (SSSR count). The molecule has 1 aromatic carbocycles. The number of methoxy groups -OCH3 is 1. The summed E-state index contributed by atoms with van der Waals surface area (Å²) in [7, 11) is 1.60. The lowest BCUT2D eigenvalue weighted by Gasteiger charge is -2.36. The number of ether oxygens (including phenoxy) is 1. The third kappa shape index (κ3) is 2.58. The van der Waals surface area contributed by atoms with E-state index in [1.807, 2.05) is 6.07 Å². The van der Waals surface area contributed by atoms with E-state index in [1.54, 1.807) is 19.2 Å². The Labute approximate surface area is 118 Å². The number of carboxylic acid groups (broad SMARTS) is 1. The van der Waals surface area contributed by atoms with E-state index in [-0.39, 0.29) is 0 Å². The van der Waals surface area contributed by atoms with Gasteiger partial charge in [0.2, 0.25) is 0 Å². The zero-order valence-electron chi connectivity index (χ0n) is 11.7. The molecule has 0 radical (unpaired) electrons. The van der Waals surface area contributed by atoms with Gasteiger partial charge in [-0.25, -0.2) is 4.79 Å². The maximum Gasteiger partial charge on any atom is 0.337 e. The molecular weight excluding hydrogens is 256 g/mol. The maximum atomic E-state index is 11.4. The molecule has 2 fully saturated rings. The minimum Gasteiger partial charge on any atom is -0.497 e. The molecule has 0 amide bonds. The SMILES string of the molecule is COc1ccc(C(=O)O)c(N2CCN(C3CC3)CC2)c1. The number of carbonyl (C=O) groups is 1. The second kappa shape index (κ2) is 5.32. The van der Waals surface area contributed by atoms with Crippen LogP contribution in [0.25, 0.3) is 0 Å². The Morgan fingerprint density at radius 1 is 1.25 bits per heavy atom. The molecule has 2 aliphatic rings.